The van der Waals surface area contributed by atoms with E-state index < -0.39 is 11.7 Å². The summed E-state index contributed by atoms with van der Waals surface area (Å²) in [5.41, 5.74) is 0.0423. The molecule has 5 nitrogen and oxygen atoms in total. The highest BCUT2D eigenvalue weighted by Gasteiger charge is 2.30. The summed E-state index contributed by atoms with van der Waals surface area (Å²) in [5, 5.41) is 5.11. The van der Waals surface area contributed by atoms with Crippen molar-refractivity contribution in [2.24, 2.45) is 0 Å². The molecule has 4 rings (SSSR count). The molecule has 1 saturated heterocycles. The lowest BCUT2D eigenvalue weighted by Gasteiger charge is -2.19. The Morgan fingerprint density at radius 1 is 1.00 bits per heavy atom. The molecule has 0 amide bonds. The Kier molecular flexibility index (Phi) is 5.71. The van der Waals surface area contributed by atoms with Gasteiger partial charge in [-0.3, -0.25) is 4.90 Å². The summed E-state index contributed by atoms with van der Waals surface area (Å²) in [5.74, 6) is 0.389. The summed E-state index contributed by atoms with van der Waals surface area (Å²) >= 11 is 0. The van der Waals surface area contributed by atoms with Crippen LogP contribution in [0.15, 0.2) is 42.6 Å². The molecule has 1 aliphatic heterocycles. The number of halogens is 3. The second-order valence-electron chi connectivity index (χ2n) is 7.24. The summed E-state index contributed by atoms with van der Waals surface area (Å²) in [6.45, 7) is 3.43. The minimum Gasteiger partial charge on any atom is -0.475 e. The average molecular weight is 404 g/mol. The summed E-state index contributed by atoms with van der Waals surface area (Å²) < 4.78 is 46.6. The van der Waals surface area contributed by atoms with Crippen molar-refractivity contribution in [3.8, 4) is 11.6 Å². The predicted molar refractivity (Wildman–Crippen MR) is 104 cm³/mol. The van der Waals surface area contributed by atoms with Gasteiger partial charge in [-0.1, -0.05) is 18.9 Å². The highest BCUT2D eigenvalue weighted by Crippen LogP contribution is 2.32. The number of rotatable bonds is 5. The van der Waals surface area contributed by atoms with E-state index in [1.165, 1.54) is 36.4 Å². The summed E-state index contributed by atoms with van der Waals surface area (Å²) in [6.07, 6.45) is 2.13. The van der Waals surface area contributed by atoms with Gasteiger partial charge in [0.25, 0.3) is 0 Å². The Morgan fingerprint density at radius 2 is 1.79 bits per heavy atom. The van der Waals surface area contributed by atoms with Gasteiger partial charge in [0, 0.05) is 12.7 Å². The molecule has 0 saturated carbocycles. The van der Waals surface area contributed by atoms with E-state index in [1.54, 1.807) is 18.3 Å². The van der Waals surface area contributed by atoms with Crippen LogP contribution in [0.3, 0.4) is 0 Å². The van der Waals surface area contributed by atoms with E-state index in [0.717, 1.165) is 31.8 Å². The van der Waals surface area contributed by atoms with Gasteiger partial charge in [0.15, 0.2) is 5.65 Å². The molecule has 0 unspecified atom stereocenters. The van der Waals surface area contributed by atoms with E-state index in [1.807, 2.05) is 6.07 Å². The van der Waals surface area contributed by atoms with E-state index in [9.17, 15) is 13.2 Å². The molecule has 0 atom stereocenters. The van der Waals surface area contributed by atoms with Crippen LogP contribution in [0, 0.1) is 0 Å². The van der Waals surface area contributed by atoms with Crippen molar-refractivity contribution in [1.82, 2.24) is 19.7 Å². The molecule has 0 aliphatic carbocycles. The topological polar surface area (TPSA) is 43.2 Å². The van der Waals surface area contributed by atoms with Crippen LogP contribution in [0.1, 0.15) is 31.2 Å². The Bertz CT molecular complexity index is 962. The van der Waals surface area contributed by atoms with Gasteiger partial charge in [-0.15, -0.1) is 5.10 Å². The van der Waals surface area contributed by atoms with Crippen LogP contribution < -0.4 is 4.74 Å². The van der Waals surface area contributed by atoms with Gasteiger partial charge in [0.1, 0.15) is 6.61 Å². The number of hydrogen-bond donors (Lipinski definition) is 0. The standard InChI is InChI=1S/C21H23F3N4O/c22-21(23,24)16-7-5-8-17(15-16)28-19-18(9-6-10-25-19)20(26-28)29-14-13-27-11-3-1-2-4-12-27/h5-10,15H,1-4,11-14H2. The normalized spacial score (nSPS) is 16.1. The SMILES string of the molecule is FC(F)(F)c1cccc(-n2nc(OCCN3CCCCCC3)c3cccnc32)c1. The molecule has 29 heavy (non-hydrogen) atoms. The van der Waals surface area contributed by atoms with E-state index in [0.29, 0.717) is 29.2 Å². The van der Waals surface area contributed by atoms with Crippen LogP contribution in [0.5, 0.6) is 5.88 Å². The van der Waals surface area contributed by atoms with Gasteiger partial charge in [-0.25, -0.2) is 9.67 Å². The number of likely N-dealkylation sites (tertiary alicyclic amines) is 1. The molecular formula is C21H23F3N4O. The van der Waals surface area contributed by atoms with E-state index in [4.69, 9.17) is 4.74 Å². The zero-order chi connectivity index (χ0) is 20.3. The van der Waals surface area contributed by atoms with Gasteiger partial charge in [0.2, 0.25) is 5.88 Å². The van der Waals surface area contributed by atoms with Crippen molar-refractivity contribution in [3.63, 3.8) is 0 Å². The van der Waals surface area contributed by atoms with Gasteiger partial charge >= 0.3 is 6.18 Å². The quantitative estimate of drug-likeness (QED) is 0.619. The lowest BCUT2D eigenvalue weighted by atomic mass is 10.2. The molecule has 2 aromatic heterocycles. The van der Waals surface area contributed by atoms with E-state index in [2.05, 4.69) is 15.0 Å². The van der Waals surface area contributed by atoms with Crippen LogP contribution >= 0.6 is 0 Å². The molecule has 8 heteroatoms. The molecular weight excluding hydrogens is 381 g/mol. The lowest BCUT2D eigenvalue weighted by Crippen LogP contribution is -2.29. The predicted octanol–water partition coefficient (Wildman–Crippen LogP) is 4.69. The molecule has 1 fully saturated rings. The lowest BCUT2D eigenvalue weighted by molar-refractivity contribution is -0.137. The first kappa shape index (κ1) is 19.7. The Balaban J connectivity index is 1.57. The zero-order valence-corrected chi connectivity index (χ0v) is 16.0. The number of pyridine rings is 1. The molecule has 0 bridgehead atoms. The maximum atomic E-state index is 13.1. The van der Waals surface area contributed by atoms with Crippen molar-refractivity contribution in [3.05, 3.63) is 48.2 Å². The Morgan fingerprint density at radius 3 is 2.55 bits per heavy atom. The first-order valence-electron chi connectivity index (χ1n) is 9.89. The average Bonchev–Trinajstić information content (AvgIpc) is 2.88. The maximum absolute atomic E-state index is 13.1. The fourth-order valence-electron chi connectivity index (χ4n) is 3.66. The largest absolute Gasteiger partial charge is 0.475 e. The molecule has 0 N–H and O–H groups in total. The fraction of sp³-hybridized carbons (Fsp3) is 0.429. The molecule has 3 aromatic rings. The van der Waals surface area contributed by atoms with Crippen molar-refractivity contribution >= 4 is 11.0 Å². The second-order valence-corrected chi connectivity index (χ2v) is 7.24. The van der Waals surface area contributed by atoms with Crippen molar-refractivity contribution in [1.29, 1.82) is 0 Å². The third-order valence-corrected chi connectivity index (χ3v) is 5.17. The monoisotopic (exact) mass is 404 g/mol. The minimum absolute atomic E-state index is 0.297. The highest BCUT2D eigenvalue weighted by molar-refractivity contribution is 5.82. The van der Waals surface area contributed by atoms with E-state index >= 15 is 0 Å². The van der Waals surface area contributed by atoms with Crippen LogP contribution in [0.4, 0.5) is 13.2 Å². The van der Waals surface area contributed by atoms with Crippen molar-refractivity contribution in [2.45, 2.75) is 31.9 Å². The number of alkyl halides is 3. The Hall–Kier alpha value is -2.61. The zero-order valence-electron chi connectivity index (χ0n) is 16.0. The van der Waals surface area contributed by atoms with Gasteiger partial charge in [0.05, 0.1) is 16.6 Å². The number of nitrogens with zero attached hydrogens (tertiary/aromatic N) is 4. The Labute approximate surface area is 167 Å². The number of aromatic nitrogens is 3. The smallest absolute Gasteiger partial charge is 0.416 e. The molecule has 1 aliphatic rings. The van der Waals surface area contributed by atoms with Crippen LogP contribution in [0.25, 0.3) is 16.7 Å². The summed E-state index contributed by atoms with van der Waals surface area (Å²) in [6, 6.07) is 8.65. The summed E-state index contributed by atoms with van der Waals surface area (Å²) in [7, 11) is 0. The summed E-state index contributed by atoms with van der Waals surface area (Å²) in [4.78, 5) is 6.70. The first-order valence-corrected chi connectivity index (χ1v) is 9.89. The van der Waals surface area contributed by atoms with Gasteiger partial charge in [-0.05, 0) is 56.3 Å². The molecule has 3 heterocycles. The van der Waals surface area contributed by atoms with Crippen molar-refractivity contribution in [2.75, 3.05) is 26.2 Å². The first-order chi connectivity index (χ1) is 14.0. The molecule has 0 radical (unpaired) electrons. The second kappa shape index (κ2) is 8.41. The third kappa shape index (κ3) is 4.53. The number of benzene rings is 1. The fourth-order valence-corrected chi connectivity index (χ4v) is 3.66. The van der Waals surface area contributed by atoms with E-state index in [-0.39, 0.29) is 0 Å². The molecule has 0 spiro atoms. The number of ether oxygens (including phenoxy) is 1. The van der Waals surface area contributed by atoms with Crippen molar-refractivity contribution < 1.29 is 17.9 Å². The minimum atomic E-state index is -4.42. The van der Waals surface area contributed by atoms with Gasteiger partial charge in [-0.2, -0.15) is 13.2 Å². The third-order valence-electron chi connectivity index (χ3n) is 5.17. The van der Waals surface area contributed by atoms with Crippen LogP contribution in [-0.2, 0) is 6.18 Å². The highest BCUT2D eigenvalue weighted by atomic mass is 19.4. The molecule has 154 valence electrons. The maximum Gasteiger partial charge on any atom is 0.416 e. The van der Waals surface area contributed by atoms with Crippen LogP contribution in [-0.4, -0.2) is 45.9 Å². The van der Waals surface area contributed by atoms with Gasteiger partial charge < -0.3 is 4.74 Å². The molecule has 1 aromatic carbocycles. The van der Waals surface area contributed by atoms with Crippen LogP contribution in [0.2, 0.25) is 0 Å². The number of fused-ring (bicyclic) bond motifs is 1. The number of hydrogen-bond acceptors (Lipinski definition) is 4.